The van der Waals surface area contributed by atoms with E-state index in [0.717, 1.165) is 18.6 Å². The van der Waals surface area contributed by atoms with Crippen LogP contribution in [0.5, 0.6) is 11.5 Å². The zero-order chi connectivity index (χ0) is 16.4. The maximum absolute atomic E-state index is 13.7. The van der Waals surface area contributed by atoms with Crippen LogP contribution < -0.4 is 14.8 Å². The van der Waals surface area contributed by atoms with E-state index >= 15 is 0 Å². The van der Waals surface area contributed by atoms with E-state index in [2.05, 4.69) is 5.32 Å². The SMILES string of the molecule is Cc1cc2c(cc1C(=O)Nc1ccc(F)cc1F)OCCCO2. The molecule has 1 amide bonds. The first kappa shape index (κ1) is 15.3. The second-order valence-corrected chi connectivity index (χ2v) is 5.24. The van der Waals surface area contributed by atoms with Crippen molar-refractivity contribution in [1.29, 1.82) is 0 Å². The van der Waals surface area contributed by atoms with Gasteiger partial charge in [-0.25, -0.2) is 8.78 Å². The van der Waals surface area contributed by atoms with Gasteiger partial charge in [0, 0.05) is 18.1 Å². The fourth-order valence-corrected chi connectivity index (χ4v) is 2.34. The van der Waals surface area contributed by atoms with Gasteiger partial charge in [-0.2, -0.15) is 0 Å². The van der Waals surface area contributed by atoms with Crippen LogP contribution in [0.2, 0.25) is 0 Å². The quantitative estimate of drug-likeness (QED) is 0.918. The van der Waals surface area contributed by atoms with Crippen molar-refractivity contribution in [3.8, 4) is 11.5 Å². The molecule has 0 radical (unpaired) electrons. The van der Waals surface area contributed by atoms with Crippen LogP contribution in [0.4, 0.5) is 14.5 Å². The van der Waals surface area contributed by atoms with Crippen molar-refractivity contribution in [2.75, 3.05) is 18.5 Å². The van der Waals surface area contributed by atoms with Gasteiger partial charge in [-0.05, 0) is 36.8 Å². The molecule has 0 atom stereocenters. The fourth-order valence-electron chi connectivity index (χ4n) is 2.34. The molecule has 1 aliphatic heterocycles. The van der Waals surface area contributed by atoms with Crippen molar-refractivity contribution in [1.82, 2.24) is 0 Å². The minimum absolute atomic E-state index is 0.0806. The van der Waals surface area contributed by atoms with E-state index in [1.807, 2.05) is 0 Å². The lowest BCUT2D eigenvalue weighted by molar-refractivity contribution is 0.102. The van der Waals surface area contributed by atoms with E-state index in [9.17, 15) is 13.6 Å². The molecule has 6 heteroatoms. The van der Waals surface area contributed by atoms with Crippen molar-refractivity contribution in [2.45, 2.75) is 13.3 Å². The number of amides is 1. The molecule has 3 rings (SSSR count). The monoisotopic (exact) mass is 319 g/mol. The third-order valence-corrected chi connectivity index (χ3v) is 3.52. The molecule has 0 fully saturated rings. The molecule has 2 aromatic rings. The van der Waals surface area contributed by atoms with Gasteiger partial charge in [-0.15, -0.1) is 0 Å². The number of benzene rings is 2. The molecule has 0 aromatic heterocycles. The molecule has 0 bridgehead atoms. The molecule has 0 spiro atoms. The summed E-state index contributed by atoms with van der Waals surface area (Å²) in [5.74, 6) is -0.955. The number of carbonyl (C=O) groups is 1. The maximum Gasteiger partial charge on any atom is 0.256 e. The number of fused-ring (bicyclic) bond motifs is 1. The normalized spacial score (nSPS) is 13.3. The molecule has 0 aliphatic carbocycles. The number of halogens is 2. The summed E-state index contributed by atoms with van der Waals surface area (Å²) in [6.07, 6.45) is 0.760. The van der Waals surface area contributed by atoms with Crippen LogP contribution in [0.25, 0.3) is 0 Å². The second kappa shape index (κ2) is 6.24. The Hall–Kier alpha value is -2.63. The number of hydrogen-bond acceptors (Lipinski definition) is 3. The number of anilines is 1. The van der Waals surface area contributed by atoms with Gasteiger partial charge < -0.3 is 14.8 Å². The van der Waals surface area contributed by atoms with Crippen LogP contribution in [0.1, 0.15) is 22.3 Å². The van der Waals surface area contributed by atoms with E-state index in [4.69, 9.17) is 9.47 Å². The minimum Gasteiger partial charge on any atom is -0.490 e. The third kappa shape index (κ3) is 3.26. The van der Waals surface area contributed by atoms with Crippen LogP contribution in [0.3, 0.4) is 0 Å². The van der Waals surface area contributed by atoms with Crippen molar-refractivity contribution in [2.24, 2.45) is 0 Å². The lowest BCUT2D eigenvalue weighted by Gasteiger charge is -2.13. The Kier molecular flexibility index (Phi) is 4.14. The van der Waals surface area contributed by atoms with E-state index in [1.54, 1.807) is 19.1 Å². The summed E-state index contributed by atoms with van der Waals surface area (Å²) in [5.41, 5.74) is 0.940. The van der Waals surface area contributed by atoms with Crippen molar-refractivity contribution < 1.29 is 23.0 Å². The van der Waals surface area contributed by atoms with E-state index < -0.39 is 17.5 Å². The zero-order valence-electron chi connectivity index (χ0n) is 12.5. The predicted molar refractivity (Wildman–Crippen MR) is 81.1 cm³/mol. The van der Waals surface area contributed by atoms with Crippen LogP contribution in [0.15, 0.2) is 30.3 Å². The summed E-state index contributed by atoms with van der Waals surface area (Å²) in [5, 5.41) is 2.44. The maximum atomic E-state index is 13.7. The number of aryl methyl sites for hydroxylation is 1. The minimum atomic E-state index is -0.828. The van der Waals surface area contributed by atoms with Crippen molar-refractivity contribution in [3.05, 3.63) is 53.1 Å². The Balaban J connectivity index is 1.88. The molecule has 1 aliphatic rings. The van der Waals surface area contributed by atoms with E-state index in [0.29, 0.717) is 35.8 Å². The summed E-state index contributed by atoms with van der Waals surface area (Å²) in [6.45, 7) is 2.81. The van der Waals surface area contributed by atoms with Crippen LogP contribution in [-0.4, -0.2) is 19.1 Å². The van der Waals surface area contributed by atoms with Crippen LogP contribution in [0, 0.1) is 18.6 Å². The Morgan fingerprint density at radius 1 is 1.09 bits per heavy atom. The van der Waals surface area contributed by atoms with Crippen LogP contribution in [-0.2, 0) is 0 Å². The summed E-state index contributed by atoms with van der Waals surface area (Å²) < 4.78 is 37.7. The molecule has 0 saturated heterocycles. The van der Waals surface area contributed by atoms with Crippen molar-refractivity contribution in [3.63, 3.8) is 0 Å². The van der Waals surface area contributed by atoms with Gasteiger partial charge in [0.2, 0.25) is 0 Å². The van der Waals surface area contributed by atoms with Crippen LogP contribution >= 0.6 is 0 Å². The van der Waals surface area contributed by atoms with Gasteiger partial charge in [0.25, 0.3) is 5.91 Å². The van der Waals surface area contributed by atoms with Gasteiger partial charge in [0.05, 0.1) is 18.9 Å². The Morgan fingerprint density at radius 2 is 1.78 bits per heavy atom. The number of hydrogen-bond donors (Lipinski definition) is 1. The molecule has 23 heavy (non-hydrogen) atoms. The largest absolute Gasteiger partial charge is 0.490 e. The highest BCUT2D eigenvalue weighted by molar-refractivity contribution is 6.05. The molecule has 0 saturated carbocycles. The Morgan fingerprint density at radius 3 is 2.48 bits per heavy atom. The molecular formula is C17H15F2NO3. The number of carbonyl (C=O) groups excluding carboxylic acids is 1. The number of ether oxygens (including phenoxy) is 2. The highest BCUT2D eigenvalue weighted by Gasteiger charge is 2.18. The number of rotatable bonds is 2. The lowest BCUT2D eigenvalue weighted by Crippen LogP contribution is -2.15. The van der Waals surface area contributed by atoms with Gasteiger partial charge >= 0.3 is 0 Å². The van der Waals surface area contributed by atoms with Gasteiger partial charge in [-0.1, -0.05) is 0 Å². The highest BCUT2D eigenvalue weighted by Crippen LogP contribution is 2.33. The Bertz CT molecular complexity index is 762. The summed E-state index contributed by atoms with van der Waals surface area (Å²) in [7, 11) is 0. The first-order valence-electron chi connectivity index (χ1n) is 7.21. The molecule has 1 N–H and O–H groups in total. The molecule has 2 aromatic carbocycles. The lowest BCUT2D eigenvalue weighted by atomic mass is 10.1. The van der Waals surface area contributed by atoms with Crippen molar-refractivity contribution >= 4 is 11.6 Å². The van der Waals surface area contributed by atoms with Gasteiger partial charge in [-0.3, -0.25) is 4.79 Å². The first-order chi connectivity index (χ1) is 11.0. The average Bonchev–Trinajstić information content (AvgIpc) is 2.74. The van der Waals surface area contributed by atoms with Gasteiger partial charge in [0.15, 0.2) is 11.5 Å². The third-order valence-electron chi connectivity index (χ3n) is 3.52. The molecular weight excluding hydrogens is 304 g/mol. The topological polar surface area (TPSA) is 47.6 Å². The van der Waals surface area contributed by atoms with E-state index in [-0.39, 0.29) is 5.69 Å². The average molecular weight is 319 g/mol. The second-order valence-electron chi connectivity index (χ2n) is 5.24. The molecule has 1 heterocycles. The highest BCUT2D eigenvalue weighted by atomic mass is 19.1. The summed E-state index contributed by atoms with van der Waals surface area (Å²) in [6, 6.07) is 6.28. The Labute approximate surface area is 132 Å². The fraction of sp³-hybridized carbons (Fsp3) is 0.235. The summed E-state index contributed by atoms with van der Waals surface area (Å²) in [4.78, 5) is 12.4. The number of nitrogens with one attached hydrogen (secondary N) is 1. The summed E-state index contributed by atoms with van der Waals surface area (Å²) >= 11 is 0. The standard InChI is InChI=1S/C17H15F2NO3/c1-10-7-15-16(23-6-2-5-22-15)9-12(10)17(21)20-14-4-3-11(18)8-13(14)19/h3-4,7-9H,2,5-6H2,1H3,(H,20,21). The smallest absolute Gasteiger partial charge is 0.256 e. The molecule has 4 nitrogen and oxygen atoms in total. The van der Waals surface area contributed by atoms with E-state index in [1.165, 1.54) is 6.07 Å². The predicted octanol–water partition coefficient (Wildman–Crippen LogP) is 3.69. The first-order valence-corrected chi connectivity index (χ1v) is 7.21. The molecule has 120 valence electrons. The molecule has 0 unspecified atom stereocenters. The zero-order valence-corrected chi connectivity index (χ0v) is 12.5. The van der Waals surface area contributed by atoms with Gasteiger partial charge in [0.1, 0.15) is 11.6 Å².